The highest BCUT2D eigenvalue weighted by Crippen LogP contribution is 2.17. The molecule has 2 rings (SSSR count). The van der Waals surface area contributed by atoms with Crippen molar-refractivity contribution in [1.82, 2.24) is 4.72 Å². The van der Waals surface area contributed by atoms with Crippen LogP contribution in [-0.4, -0.2) is 28.2 Å². The standard InChI is InChI=1S/C16H18FNO4S/c1-2-21-14-6-8-15(9-7-14)22-11-10-18-23(19,20)16-5-3-4-13(17)12-16/h3-9,12,18H,2,10-11H2,1H3. The zero-order valence-corrected chi connectivity index (χ0v) is 13.5. The molecular formula is C16H18FNO4S. The lowest BCUT2D eigenvalue weighted by Crippen LogP contribution is -2.28. The molecule has 7 heteroatoms. The summed E-state index contributed by atoms with van der Waals surface area (Å²) in [6, 6.07) is 11.9. The summed E-state index contributed by atoms with van der Waals surface area (Å²) in [5.41, 5.74) is 0. The minimum absolute atomic E-state index is 0.0755. The molecule has 1 N–H and O–H groups in total. The Labute approximate surface area is 135 Å². The molecule has 0 saturated carbocycles. The van der Waals surface area contributed by atoms with Gasteiger partial charge < -0.3 is 9.47 Å². The molecule has 2 aromatic rings. The first-order valence-electron chi connectivity index (χ1n) is 7.12. The van der Waals surface area contributed by atoms with Gasteiger partial charge in [-0.2, -0.15) is 0 Å². The quantitative estimate of drug-likeness (QED) is 0.751. The summed E-state index contributed by atoms with van der Waals surface area (Å²) in [5.74, 6) is 0.753. The minimum Gasteiger partial charge on any atom is -0.494 e. The second-order valence-corrected chi connectivity index (χ2v) is 6.37. The highest BCUT2D eigenvalue weighted by atomic mass is 32.2. The average molecular weight is 339 g/mol. The van der Waals surface area contributed by atoms with E-state index in [-0.39, 0.29) is 18.0 Å². The molecule has 5 nitrogen and oxygen atoms in total. The smallest absolute Gasteiger partial charge is 0.240 e. The van der Waals surface area contributed by atoms with Crippen molar-refractivity contribution in [2.75, 3.05) is 19.8 Å². The molecule has 0 unspecified atom stereocenters. The van der Waals surface area contributed by atoms with Gasteiger partial charge in [-0.15, -0.1) is 0 Å². The number of halogens is 1. The van der Waals surface area contributed by atoms with Crippen LogP contribution in [0.4, 0.5) is 4.39 Å². The molecule has 0 fully saturated rings. The lowest BCUT2D eigenvalue weighted by atomic mass is 10.3. The third-order valence-corrected chi connectivity index (χ3v) is 4.36. The molecule has 0 aliphatic heterocycles. The number of rotatable bonds is 8. The second kappa shape index (κ2) is 7.94. The molecule has 0 heterocycles. The molecule has 2 aromatic carbocycles. The van der Waals surface area contributed by atoms with Crippen molar-refractivity contribution >= 4 is 10.0 Å². The van der Waals surface area contributed by atoms with E-state index in [0.29, 0.717) is 12.4 Å². The van der Waals surface area contributed by atoms with Crippen LogP contribution < -0.4 is 14.2 Å². The molecule has 0 bridgehead atoms. The number of benzene rings is 2. The molecule has 0 aliphatic carbocycles. The molecular weight excluding hydrogens is 321 g/mol. The summed E-state index contributed by atoms with van der Waals surface area (Å²) >= 11 is 0. The molecule has 23 heavy (non-hydrogen) atoms. The lowest BCUT2D eigenvalue weighted by Gasteiger charge is -2.09. The van der Waals surface area contributed by atoms with Crippen molar-refractivity contribution < 1.29 is 22.3 Å². The van der Waals surface area contributed by atoms with Crippen LogP contribution in [0.25, 0.3) is 0 Å². The van der Waals surface area contributed by atoms with Gasteiger partial charge in [-0.3, -0.25) is 0 Å². The van der Waals surface area contributed by atoms with Crippen LogP contribution in [0.1, 0.15) is 6.92 Å². The van der Waals surface area contributed by atoms with E-state index in [4.69, 9.17) is 9.47 Å². The van der Waals surface area contributed by atoms with Crippen LogP contribution in [0.2, 0.25) is 0 Å². The first-order valence-corrected chi connectivity index (χ1v) is 8.60. The second-order valence-electron chi connectivity index (χ2n) is 4.61. The molecule has 0 spiro atoms. The van der Waals surface area contributed by atoms with Gasteiger partial charge in [0.15, 0.2) is 0 Å². The molecule has 124 valence electrons. The van der Waals surface area contributed by atoms with Crippen LogP contribution in [-0.2, 0) is 10.0 Å². The van der Waals surface area contributed by atoms with Crippen molar-refractivity contribution in [3.05, 3.63) is 54.3 Å². The Hall–Kier alpha value is -2.12. The number of ether oxygens (including phenoxy) is 2. The van der Waals surface area contributed by atoms with Crippen LogP contribution in [0.3, 0.4) is 0 Å². The third kappa shape index (κ3) is 5.22. The lowest BCUT2D eigenvalue weighted by molar-refractivity contribution is 0.319. The van der Waals surface area contributed by atoms with Gasteiger partial charge in [0.1, 0.15) is 23.9 Å². The largest absolute Gasteiger partial charge is 0.494 e. The van der Waals surface area contributed by atoms with Crippen molar-refractivity contribution in [3.8, 4) is 11.5 Å². The first kappa shape index (κ1) is 17.2. The Balaban J connectivity index is 1.82. The van der Waals surface area contributed by atoms with Gasteiger partial charge in [0.05, 0.1) is 11.5 Å². The van der Waals surface area contributed by atoms with Gasteiger partial charge in [0, 0.05) is 6.54 Å². The van der Waals surface area contributed by atoms with Crippen molar-refractivity contribution in [2.24, 2.45) is 0 Å². The van der Waals surface area contributed by atoms with E-state index < -0.39 is 15.8 Å². The van der Waals surface area contributed by atoms with E-state index in [9.17, 15) is 12.8 Å². The van der Waals surface area contributed by atoms with Crippen LogP contribution in [0.5, 0.6) is 11.5 Å². The number of nitrogens with one attached hydrogen (secondary N) is 1. The van der Waals surface area contributed by atoms with E-state index in [2.05, 4.69) is 4.72 Å². The highest BCUT2D eigenvalue weighted by Gasteiger charge is 2.13. The van der Waals surface area contributed by atoms with E-state index in [0.717, 1.165) is 11.8 Å². The molecule has 0 aliphatic rings. The molecule has 0 atom stereocenters. The maximum Gasteiger partial charge on any atom is 0.240 e. The van der Waals surface area contributed by atoms with Crippen LogP contribution >= 0.6 is 0 Å². The van der Waals surface area contributed by atoms with Crippen molar-refractivity contribution in [3.63, 3.8) is 0 Å². The Morgan fingerprint density at radius 1 is 1.04 bits per heavy atom. The molecule has 0 radical (unpaired) electrons. The third-order valence-electron chi connectivity index (χ3n) is 2.90. The van der Waals surface area contributed by atoms with Crippen LogP contribution in [0, 0.1) is 5.82 Å². The maximum atomic E-state index is 13.1. The van der Waals surface area contributed by atoms with Crippen LogP contribution in [0.15, 0.2) is 53.4 Å². The molecule has 0 aromatic heterocycles. The van der Waals surface area contributed by atoms with E-state index in [1.54, 1.807) is 24.3 Å². The van der Waals surface area contributed by atoms with E-state index in [1.165, 1.54) is 18.2 Å². The van der Waals surface area contributed by atoms with Crippen molar-refractivity contribution in [1.29, 1.82) is 0 Å². The normalized spacial score (nSPS) is 11.2. The summed E-state index contributed by atoms with van der Waals surface area (Å²) in [6.45, 7) is 2.71. The minimum atomic E-state index is -3.74. The fourth-order valence-electron chi connectivity index (χ4n) is 1.86. The average Bonchev–Trinajstić information content (AvgIpc) is 2.53. The number of sulfonamides is 1. The summed E-state index contributed by atoms with van der Waals surface area (Å²) in [5, 5.41) is 0. The van der Waals surface area contributed by atoms with E-state index in [1.807, 2.05) is 6.92 Å². The van der Waals surface area contributed by atoms with Gasteiger partial charge in [0.25, 0.3) is 0 Å². The number of hydrogen-bond acceptors (Lipinski definition) is 4. The topological polar surface area (TPSA) is 64.6 Å². The first-order chi connectivity index (χ1) is 11.0. The Bertz CT molecular complexity index is 732. The molecule has 0 amide bonds. The zero-order chi connectivity index (χ0) is 16.7. The predicted molar refractivity (Wildman–Crippen MR) is 84.7 cm³/mol. The molecule has 0 saturated heterocycles. The highest BCUT2D eigenvalue weighted by molar-refractivity contribution is 7.89. The van der Waals surface area contributed by atoms with Gasteiger partial charge in [0.2, 0.25) is 10.0 Å². The SMILES string of the molecule is CCOc1ccc(OCCNS(=O)(=O)c2cccc(F)c2)cc1. The Morgan fingerprint density at radius 3 is 2.30 bits per heavy atom. The van der Waals surface area contributed by atoms with Gasteiger partial charge in [-0.05, 0) is 49.4 Å². The Kier molecular flexibility index (Phi) is 5.95. The fraction of sp³-hybridized carbons (Fsp3) is 0.250. The maximum absolute atomic E-state index is 13.1. The summed E-state index contributed by atoms with van der Waals surface area (Å²) < 4.78 is 50.1. The monoisotopic (exact) mass is 339 g/mol. The summed E-state index contributed by atoms with van der Waals surface area (Å²) in [4.78, 5) is -0.112. The summed E-state index contributed by atoms with van der Waals surface area (Å²) in [6.07, 6.45) is 0. The van der Waals surface area contributed by atoms with Gasteiger partial charge in [-0.1, -0.05) is 6.07 Å². The van der Waals surface area contributed by atoms with Gasteiger partial charge >= 0.3 is 0 Å². The van der Waals surface area contributed by atoms with E-state index >= 15 is 0 Å². The Morgan fingerprint density at radius 2 is 1.70 bits per heavy atom. The fourth-order valence-corrected chi connectivity index (χ4v) is 2.91. The zero-order valence-electron chi connectivity index (χ0n) is 12.7. The van der Waals surface area contributed by atoms with Gasteiger partial charge in [-0.25, -0.2) is 17.5 Å². The summed E-state index contributed by atoms with van der Waals surface area (Å²) in [7, 11) is -3.74. The predicted octanol–water partition coefficient (Wildman–Crippen LogP) is 2.58. The number of hydrogen-bond donors (Lipinski definition) is 1. The van der Waals surface area contributed by atoms with Crippen molar-refractivity contribution in [2.45, 2.75) is 11.8 Å².